The zero-order valence-corrected chi connectivity index (χ0v) is 18.1. The van der Waals surface area contributed by atoms with Crippen LogP contribution in [0.25, 0.3) is 0 Å². The van der Waals surface area contributed by atoms with E-state index in [4.69, 9.17) is 9.57 Å². The Balaban J connectivity index is 1.48. The van der Waals surface area contributed by atoms with E-state index in [9.17, 15) is 19.2 Å². The summed E-state index contributed by atoms with van der Waals surface area (Å²) in [5.41, 5.74) is 1.82. The third kappa shape index (κ3) is 4.21. The van der Waals surface area contributed by atoms with Gasteiger partial charge >= 0.3 is 12.1 Å². The second kappa shape index (κ2) is 8.11. The van der Waals surface area contributed by atoms with Crippen molar-refractivity contribution in [2.45, 2.75) is 51.7 Å². The summed E-state index contributed by atoms with van der Waals surface area (Å²) in [6.07, 6.45) is 1.82. The summed E-state index contributed by atoms with van der Waals surface area (Å²) >= 11 is 0. The fourth-order valence-corrected chi connectivity index (χ4v) is 3.93. The number of nitrogens with one attached hydrogen (secondary N) is 1. The molecule has 1 unspecified atom stereocenters. The number of ether oxygens (including phenoxy) is 1. The van der Waals surface area contributed by atoms with Crippen LogP contribution in [0.1, 0.15) is 81.9 Å². The second-order valence-electron chi connectivity index (χ2n) is 8.83. The minimum absolute atomic E-state index is 0.201. The van der Waals surface area contributed by atoms with E-state index >= 15 is 0 Å². The molecule has 1 aliphatic carbocycles. The summed E-state index contributed by atoms with van der Waals surface area (Å²) in [5, 5.41) is 3.39. The van der Waals surface area contributed by atoms with Gasteiger partial charge in [0.2, 0.25) is 0 Å². The zero-order valence-electron chi connectivity index (χ0n) is 18.1. The van der Waals surface area contributed by atoms with E-state index in [0.29, 0.717) is 5.06 Å². The van der Waals surface area contributed by atoms with Gasteiger partial charge in [-0.2, -0.15) is 0 Å². The first-order valence-electron chi connectivity index (χ1n) is 10.5. The Morgan fingerprint density at radius 2 is 1.69 bits per heavy atom. The minimum atomic E-state index is -0.801. The predicted molar refractivity (Wildman–Crippen MR) is 114 cm³/mol. The van der Waals surface area contributed by atoms with Gasteiger partial charge in [-0.3, -0.25) is 9.59 Å². The van der Waals surface area contributed by atoms with Crippen LogP contribution in [0.5, 0.6) is 0 Å². The Kier molecular flexibility index (Phi) is 5.46. The Morgan fingerprint density at radius 3 is 2.31 bits per heavy atom. The zero-order chi connectivity index (χ0) is 23.0. The van der Waals surface area contributed by atoms with Gasteiger partial charge in [-0.05, 0) is 75.4 Å². The van der Waals surface area contributed by atoms with Crippen molar-refractivity contribution < 1.29 is 28.8 Å². The highest BCUT2D eigenvalue weighted by Crippen LogP contribution is 2.31. The number of hydroxylamine groups is 2. The van der Waals surface area contributed by atoms with Crippen molar-refractivity contribution >= 4 is 23.9 Å². The topological polar surface area (TPSA) is 102 Å². The number of alkyl carbamates (subject to hydrolysis) is 1. The van der Waals surface area contributed by atoms with E-state index in [-0.39, 0.29) is 22.7 Å². The molecule has 0 saturated carbocycles. The molecule has 4 rings (SSSR count). The molecule has 0 fully saturated rings. The van der Waals surface area contributed by atoms with Crippen LogP contribution in [0, 0.1) is 0 Å². The molecule has 8 nitrogen and oxygen atoms in total. The molecule has 1 aliphatic heterocycles. The number of hydrogen-bond acceptors (Lipinski definition) is 6. The predicted octanol–water partition coefficient (Wildman–Crippen LogP) is 3.96. The SMILES string of the molecule is CC(C)(C)OC(=O)NC1CCCc2cc(C(=O)ON3C(=O)c4ccccc4C3=O)ccc21. The lowest BCUT2D eigenvalue weighted by atomic mass is 9.86. The molecule has 2 aromatic rings. The van der Waals surface area contributed by atoms with Crippen molar-refractivity contribution in [3.05, 3.63) is 70.3 Å². The Bertz CT molecular complexity index is 1080. The molecule has 1 heterocycles. The number of rotatable bonds is 3. The molecule has 0 aromatic heterocycles. The molecule has 1 N–H and O–H groups in total. The van der Waals surface area contributed by atoms with E-state index in [1.165, 1.54) is 12.1 Å². The van der Waals surface area contributed by atoms with Crippen LogP contribution in [0.2, 0.25) is 0 Å². The van der Waals surface area contributed by atoms with Gasteiger partial charge in [0.05, 0.1) is 22.7 Å². The Hall–Kier alpha value is -3.68. The number of carbonyl (C=O) groups excluding carboxylic acids is 4. The summed E-state index contributed by atoms with van der Waals surface area (Å²) in [6.45, 7) is 5.40. The summed E-state index contributed by atoms with van der Waals surface area (Å²) in [4.78, 5) is 54.9. The van der Waals surface area contributed by atoms with Crippen LogP contribution < -0.4 is 5.32 Å². The van der Waals surface area contributed by atoms with E-state index < -0.39 is 29.5 Å². The molecule has 8 heteroatoms. The maximum Gasteiger partial charge on any atom is 0.408 e. The van der Waals surface area contributed by atoms with Crippen LogP contribution in [0.3, 0.4) is 0 Å². The van der Waals surface area contributed by atoms with Gasteiger partial charge in [-0.25, -0.2) is 9.59 Å². The summed E-state index contributed by atoms with van der Waals surface area (Å²) in [5.74, 6) is -2.14. The van der Waals surface area contributed by atoms with Crippen molar-refractivity contribution in [1.82, 2.24) is 10.4 Å². The first kappa shape index (κ1) is 21.5. The summed E-state index contributed by atoms with van der Waals surface area (Å²) < 4.78 is 5.35. The number of carbonyl (C=O) groups is 4. The lowest BCUT2D eigenvalue weighted by molar-refractivity contribution is -0.0584. The van der Waals surface area contributed by atoms with Gasteiger partial charge in [-0.15, -0.1) is 0 Å². The van der Waals surface area contributed by atoms with E-state index in [2.05, 4.69) is 5.32 Å². The minimum Gasteiger partial charge on any atom is -0.444 e. The van der Waals surface area contributed by atoms with Gasteiger partial charge in [0.25, 0.3) is 11.8 Å². The van der Waals surface area contributed by atoms with E-state index in [1.807, 2.05) is 0 Å². The second-order valence-corrected chi connectivity index (χ2v) is 8.83. The summed E-state index contributed by atoms with van der Waals surface area (Å²) in [7, 11) is 0. The van der Waals surface area contributed by atoms with Gasteiger partial charge in [0.1, 0.15) is 5.60 Å². The maximum atomic E-state index is 12.7. The largest absolute Gasteiger partial charge is 0.444 e. The lowest BCUT2D eigenvalue weighted by Gasteiger charge is -2.28. The molecule has 2 aliphatic rings. The van der Waals surface area contributed by atoms with Crippen molar-refractivity contribution in [2.24, 2.45) is 0 Å². The third-order valence-corrected chi connectivity index (χ3v) is 5.31. The molecular formula is C24H24N2O6. The van der Waals surface area contributed by atoms with Crippen LogP contribution in [0.4, 0.5) is 4.79 Å². The van der Waals surface area contributed by atoms with Crippen molar-refractivity contribution in [2.75, 3.05) is 0 Å². The van der Waals surface area contributed by atoms with E-state index in [1.54, 1.807) is 51.1 Å². The average Bonchev–Trinajstić information content (AvgIpc) is 2.97. The number of hydrogen-bond donors (Lipinski definition) is 1. The monoisotopic (exact) mass is 436 g/mol. The normalized spacial score (nSPS) is 17.5. The standard InChI is InChI=1S/C24H24N2O6/c1-24(2,3)31-23(30)25-19-10-6-7-14-13-15(11-12-16(14)19)22(29)32-26-20(27)17-8-4-5-9-18(17)21(26)28/h4-5,8-9,11-13,19H,6-7,10H2,1-3H3,(H,25,30). The van der Waals surface area contributed by atoms with Crippen molar-refractivity contribution in [1.29, 1.82) is 0 Å². The highest BCUT2D eigenvalue weighted by Gasteiger charge is 2.39. The molecule has 0 saturated heterocycles. The van der Waals surface area contributed by atoms with Crippen molar-refractivity contribution in [3.8, 4) is 0 Å². The molecule has 166 valence electrons. The number of nitrogens with zero attached hydrogens (tertiary/aromatic N) is 1. The molecule has 3 amide bonds. The smallest absolute Gasteiger partial charge is 0.408 e. The third-order valence-electron chi connectivity index (χ3n) is 5.31. The molecule has 0 radical (unpaired) electrons. The van der Waals surface area contributed by atoms with Gasteiger partial charge in [0.15, 0.2) is 0 Å². The Labute approximate surface area is 185 Å². The number of benzene rings is 2. The van der Waals surface area contributed by atoms with Gasteiger partial charge in [-0.1, -0.05) is 23.3 Å². The first-order chi connectivity index (χ1) is 15.1. The molecule has 2 aromatic carbocycles. The van der Waals surface area contributed by atoms with Crippen LogP contribution >= 0.6 is 0 Å². The van der Waals surface area contributed by atoms with Crippen LogP contribution in [0.15, 0.2) is 42.5 Å². The van der Waals surface area contributed by atoms with Crippen molar-refractivity contribution in [3.63, 3.8) is 0 Å². The lowest BCUT2D eigenvalue weighted by Crippen LogP contribution is -2.36. The highest BCUT2D eigenvalue weighted by molar-refractivity contribution is 6.21. The van der Waals surface area contributed by atoms with Gasteiger partial charge < -0.3 is 14.9 Å². The van der Waals surface area contributed by atoms with Crippen LogP contribution in [-0.4, -0.2) is 34.5 Å². The highest BCUT2D eigenvalue weighted by atomic mass is 16.7. The number of amides is 3. The first-order valence-corrected chi connectivity index (χ1v) is 10.5. The number of fused-ring (bicyclic) bond motifs is 2. The fourth-order valence-electron chi connectivity index (χ4n) is 3.93. The van der Waals surface area contributed by atoms with Gasteiger partial charge in [0, 0.05) is 0 Å². The molecular weight excluding hydrogens is 412 g/mol. The molecule has 1 atom stereocenters. The Morgan fingerprint density at radius 1 is 1.03 bits per heavy atom. The molecule has 32 heavy (non-hydrogen) atoms. The van der Waals surface area contributed by atoms with E-state index in [0.717, 1.165) is 30.4 Å². The average molecular weight is 436 g/mol. The fraction of sp³-hybridized carbons (Fsp3) is 0.333. The maximum absolute atomic E-state index is 12.7. The number of aryl methyl sites for hydroxylation is 1. The quantitative estimate of drug-likeness (QED) is 0.731. The molecule has 0 spiro atoms. The van der Waals surface area contributed by atoms with Crippen LogP contribution in [-0.2, 0) is 16.0 Å². The summed E-state index contributed by atoms with van der Waals surface area (Å²) in [6, 6.07) is 11.1. The molecule has 0 bridgehead atoms. The number of imide groups is 1.